The third-order valence-electron chi connectivity index (χ3n) is 4.99. The lowest BCUT2D eigenvalue weighted by Crippen LogP contribution is -2.37. The number of carbonyl (C=O) groups excluding carboxylic acids is 2. The molecule has 1 atom stereocenters. The number of rotatable bonds is 3. The molecule has 2 N–H and O–H groups in total. The summed E-state index contributed by atoms with van der Waals surface area (Å²) in [5.74, 6) is 0.131. The molecule has 1 aliphatic rings. The van der Waals surface area contributed by atoms with Gasteiger partial charge in [-0.1, -0.05) is 30.3 Å². The average Bonchev–Trinajstić information content (AvgIpc) is 3.21. The van der Waals surface area contributed by atoms with E-state index in [9.17, 15) is 9.59 Å². The Morgan fingerprint density at radius 2 is 1.83 bits per heavy atom. The van der Waals surface area contributed by atoms with Crippen LogP contribution < -0.4 is 10.6 Å². The minimum absolute atomic E-state index is 0. The molecule has 0 bridgehead atoms. The summed E-state index contributed by atoms with van der Waals surface area (Å²) in [4.78, 5) is 30.9. The minimum atomic E-state index is 0. The summed E-state index contributed by atoms with van der Waals surface area (Å²) in [5, 5.41) is 6.50. The van der Waals surface area contributed by atoms with Crippen LogP contribution in [-0.4, -0.2) is 52.4 Å². The lowest BCUT2D eigenvalue weighted by Gasteiger charge is -2.23. The van der Waals surface area contributed by atoms with E-state index in [0.717, 1.165) is 37.9 Å². The third-order valence-corrected chi connectivity index (χ3v) is 4.99. The van der Waals surface area contributed by atoms with Crippen LogP contribution in [0.5, 0.6) is 0 Å². The summed E-state index contributed by atoms with van der Waals surface area (Å²) < 4.78 is 1.79. The third kappa shape index (κ3) is 8.34. The van der Waals surface area contributed by atoms with Crippen LogP contribution in [0.15, 0.2) is 49.1 Å². The Morgan fingerprint density at radius 1 is 1.07 bits per heavy atom. The van der Waals surface area contributed by atoms with E-state index in [4.69, 9.17) is 0 Å². The van der Waals surface area contributed by atoms with Crippen molar-refractivity contribution >= 4 is 36.6 Å². The lowest BCUT2D eigenvalue weighted by atomic mass is 10.0. The predicted octanol–water partition coefficient (Wildman–Crippen LogP) is 2.58. The molecule has 1 unspecified atom stereocenters. The quantitative estimate of drug-likeness (QED) is 0.744. The van der Waals surface area contributed by atoms with Gasteiger partial charge in [-0.2, -0.15) is 0 Å². The van der Waals surface area contributed by atoms with E-state index in [0.29, 0.717) is 26.1 Å². The minimum Gasteiger partial charge on any atom is -0.356 e. The summed E-state index contributed by atoms with van der Waals surface area (Å²) >= 11 is 0. The zero-order valence-corrected chi connectivity index (χ0v) is 18.7. The Hall–Kier alpha value is -2.09. The SMILES string of the molecule is Cl.Cl.O=C1CC(c2ccccc2)NCCCCN(C(=O)Cn2ccnc2)CCCN1. The fourth-order valence-electron chi connectivity index (χ4n) is 3.45. The molecule has 9 heteroatoms. The number of aromatic nitrogens is 2. The molecular formula is C21H31Cl2N5O2. The van der Waals surface area contributed by atoms with Crippen LogP contribution >= 0.6 is 24.8 Å². The molecule has 1 saturated heterocycles. The zero-order valence-electron chi connectivity index (χ0n) is 17.0. The molecule has 1 aromatic heterocycles. The fraction of sp³-hybridized carbons (Fsp3) is 0.476. The predicted molar refractivity (Wildman–Crippen MR) is 122 cm³/mol. The first-order chi connectivity index (χ1) is 13.7. The number of amides is 2. The van der Waals surface area contributed by atoms with Crippen molar-refractivity contribution < 1.29 is 9.59 Å². The van der Waals surface area contributed by atoms with E-state index in [1.54, 1.807) is 23.3 Å². The topological polar surface area (TPSA) is 79.3 Å². The number of hydrogen-bond donors (Lipinski definition) is 2. The van der Waals surface area contributed by atoms with Crippen LogP contribution in [0.1, 0.15) is 37.3 Å². The second-order valence-electron chi connectivity index (χ2n) is 7.15. The van der Waals surface area contributed by atoms with Crippen molar-refractivity contribution in [1.82, 2.24) is 25.1 Å². The zero-order chi connectivity index (χ0) is 19.6. The van der Waals surface area contributed by atoms with E-state index >= 15 is 0 Å². The van der Waals surface area contributed by atoms with Gasteiger partial charge in [-0.05, 0) is 31.4 Å². The Balaban J connectivity index is 0.00000225. The molecule has 0 radical (unpaired) electrons. The highest BCUT2D eigenvalue weighted by Crippen LogP contribution is 2.17. The monoisotopic (exact) mass is 455 g/mol. The Labute approximate surface area is 190 Å². The lowest BCUT2D eigenvalue weighted by molar-refractivity contribution is -0.132. The van der Waals surface area contributed by atoms with Crippen LogP contribution in [0.3, 0.4) is 0 Å². The summed E-state index contributed by atoms with van der Waals surface area (Å²) in [6.45, 7) is 3.09. The highest BCUT2D eigenvalue weighted by molar-refractivity contribution is 5.85. The van der Waals surface area contributed by atoms with Crippen molar-refractivity contribution in [3.8, 4) is 0 Å². The molecule has 0 aliphatic carbocycles. The average molecular weight is 456 g/mol. The molecular weight excluding hydrogens is 425 g/mol. The van der Waals surface area contributed by atoms with Gasteiger partial charge in [0, 0.05) is 44.5 Å². The van der Waals surface area contributed by atoms with Gasteiger partial charge < -0.3 is 20.1 Å². The standard InChI is InChI=1S/C21H29N5O2.2ClH/c27-20-15-19(18-7-2-1-3-8-18)23-9-4-5-12-26(13-6-10-24-20)21(28)16-25-14-11-22-17-25;;/h1-3,7-8,11,14,17,19,23H,4-6,9-10,12-13,15-16H2,(H,24,27);2*1H. The second-order valence-corrected chi connectivity index (χ2v) is 7.15. The molecule has 30 heavy (non-hydrogen) atoms. The Kier molecular flexibility index (Phi) is 12.1. The van der Waals surface area contributed by atoms with Gasteiger partial charge in [0.25, 0.3) is 0 Å². The maximum absolute atomic E-state index is 12.6. The highest BCUT2D eigenvalue weighted by Gasteiger charge is 2.17. The van der Waals surface area contributed by atoms with Crippen LogP contribution in [-0.2, 0) is 16.1 Å². The van der Waals surface area contributed by atoms with Crippen molar-refractivity contribution in [3.05, 3.63) is 54.6 Å². The van der Waals surface area contributed by atoms with Crippen LogP contribution in [0.2, 0.25) is 0 Å². The molecule has 3 rings (SSSR count). The molecule has 2 aromatic rings. The molecule has 1 aromatic carbocycles. The summed E-state index contributed by atoms with van der Waals surface area (Å²) in [6, 6.07) is 10.1. The number of carbonyl (C=O) groups is 2. The van der Waals surface area contributed by atoms with Crippen LogP contribution in [0.25, 0.3) is 0 Å². The smallest absolute Gasteiger partial charge is 0.242 e. The maximum atomic E-state index is 12.6. The van der Waals surface area contributed by atoms with Crippen molar-refractivity contribution in [2.75, 3.05) is 26.2 Å². The number of benzene rings is 1. The van der Waals surface area contributed by atoms with Gasteiger partial charge >= 0.3 is 0 Å². The first-order valence-electron chi connectivity index (χ1n) is 10.0. The highest BCUT2D eigenvalue weighted by atomic mass is 35.5. The number of halogens is 2. The van der Waals surface area contributed by atoms with E-state index in [1.807, 2.05) is 23.1 Å². The largest absolute Gasteiger partial charge is 0.356 e. The van der Waals surface area contributed by atoms with Gasteiger partial charge in [0.1, 0.15) is 6.54 Å². The molecule has 1 fully saturated rings. The van der Waals surface area contributed by atoms with Crippen LogP contribution in [0, 0.1) is 0 Å². The number of hydrogen-bond acceptors (Lipinski definition) is 4. The van der Waals surface area contributed by atoms with Crippen molar-refractivity contribution in [2.45, 2.75) is 38.3 Å². The maximum Gasteiger partial charge on any atom is 0.242 e. The summed E-state index contributed by atoms with van der Waals surface area (Å²) in [7, 11) is 0. The number of imidazole rings is 1. The van der Waals surface area contributed by atoms with Crippen molar-refractivity contribution in [3.63, 3.8) is 0 Å². The molecule has 2 heterocycles. The van der Waals surface area contributed by atoms with Gasteiger partial charge in [0.15, 0.2) is 0 Å². The summed E-state index contributed by atoms with van der Waals surface area (Å²) in [5.41, 5.74) is 1.13. The first kappa shape index (κ1) is 25.9. The van der Waals surface area contributed by atoms with E-state index in [1.165, 1.54) is 0 Å². The van der Waals surface area contributed by atoms with Gasteiger partial charge in [0.2, 0.25) is 11.8 Å². The van der Waals surface area contributed by atoms with Crippen molar-refractivity contribution in [2.24, 2.45) is 0 Å². The van der Waals surface area contributed by atoms with Gasteiger partial charge in [0.05, 0.1) is 6.33 Å². The Bertz CT molecular complexity index is 743. The summed E-state index contributed by atoms with van der Waals surface area (Å²) in [6.07, 6.45) is 8.21. The molecule has 166 valence electrons. The first-order valence-corrected chi connectivity index (χ1v) is 10.0. The van der Waals surface area contributed by atoms with E-state index < -0.39 is 0 Å². The van der Waals surface area contributed by atoms with Gasteiger partial charge in [-0.25, -0.2) is 4.98 Å². The number of nitrogens with zero attached hydrogens (tertiary/aromatic N) is 3. The van der Waals surface area contributed by atoms with E-state index in [-0.39, 0.29) is 42.7 Å². The number of nitrogens with one attached hydrogen (secondary N) is 2. The fourth-order valence-corrected chi connectivity index (χ4v) is 3.45. The normalized spacial score (nSPS) is 18.5. The molecule has 7 nitrogen and oxygen atoms in total. The van der Waals surface area contributed by atoms with Crippen LogP contribution in [0.4, 0.5) is 0 Å². The van der Waals surface area contributed by atoms with Gasteiger partial charge in [-0.3, -0.25) is 9.59 Å². The molecule has 1 aliphatic heterocycles. The molecule has 0 saturated carbocycles. The molecule has 2 amide bonds. The van der Waals surface area contributed by atoms with Gasteiger partial charge in [-0.15, -0.1) is 24.8 Å². The molecule has 0 spiro atoms. The second kappa shape index (κ2) is 14.0. The Morgan fingerprint density at radius 3 is 2.57 bits per heavy atom. The van der Waals surface area contributed by atoms with E-state index in [2.05, 4.69) is 27.8 Å². The van der Waals surface area contributed by atoms with Crippen molar-refractivity contribution in [1.29, 1.82) is 0 Å².